The first kappa shape index (κ1) is 22.8. The number of hydrogen-bond donors (Lipinski definition) is 1. The highest BCUT2D eigenvalue weighted by molar-refractivity contribution is 9.10. The summed E-state index contributed by atoms with van der Waals surface area (Å²) in [6, 6.07) is 12.7. The summed E-state index contributed by atoms with van der Waals surface area (Å²) in [6.45, 7) is 3.08. The highest BCUT2D eigenvalue weighted by atomic mass is 79.9. The first-order valence-corrected chi connectivity index (χ1v) is 12.8. The Morgan fingerprint density at radius 2 is 1.62 bits per heavy atom. The molecule has 32 heavy (non-hydrogen) atoms. The second-order valence-electron chi connectivity index (χ2n) is 7.83. The number of imidazole rings is 1. The number of rotatable bonds is 7. The van der Waals surface area contributed by atoms with Crippen molar-refractivity contribution in [3.63, 3.8) is 0 Å². The van der Waals surface area contributed by atoms with Gasteiger partial charge in [-0.2, -0.15) is 3.97 Å². The van der Waals surface area contributed by atoms with Crippen molar-refractivity contribution in [1.29, 1.82) is 0 Å². The highest BCUT2D eigenvalue weighted by Gasteiger charge is 2.26. The number of fused-ring (bicyclic) bond motifs is 1. The molecule has 3 aromatic rings. The predicted molar refractivity (Wildman–Crippen MR) is 126 cm³/mol. The van der Waals surface area contributed by atoms with Gasteiger partial charge < -0.3 is 10.2 Å². The van der Waals surface area contributed by atoms with Gasteiger partial charge in [-0.15, -0.1) is 0 Å². The summed E-state index contributed by atoms with van der Waals surface area (Å²) in [5.74, 6) is -0.326. The van der Waals surface area contributed by atoms with Crippen LogP contribution in [0.5, 0.6) is 0 Å². The SMILES string of the molecule is O=C(Cn1c(=O)n(S(=O)(=O)c2ccc(Br)cc2)c2ccccc21)NCCN1CCCCC1. The van der Waals surface area contributed by atoms with Crippen molar-refractivity contribution in [3.8, 4) is 0 Å². The second kappa shape index (κ2) is 9.60. The van der Waals surface area contributed by atoms with Crippen molar-refractivity contribution < 1.29 is 13.2 Å². The molecule has 0 radical (unpaired) electrons. The third kappa shape index (κ3) is 4.67. The minimum atomic E-state index is -4.14. The second-order valence-corrected chi connectivity index (χ2v) is 10.5. The minimum Gasteiger partial charge on any atom is -0.353 e. The van der Waals surface area contributed by atoms with Crippen molar-refractivity contribution in [2.24, 2.45) is 0 Å². The summed E-state index contributed by atoms with van der Waals surface area (Å²) in [4.78, 5) is 28.1. The lowest BCUT2D eigenvalue weighted by atomic mass is 10.1. The molecule has 0 spiro atoms. The molecule has 0 aliphatic carbocycles. The number of nitrogens with one attached hydrogen (secondary N) is 1. The molecule has 0 saturated carbocycles. The van der Waals surface area contributed by atoms with Crippen molar-refractivity contribution in [2.75, 3.05) is 26.2 Å². The van der Waals surface area contributed by atoms with E-state index in [0.29, 0.717) is 12.1 Å². The van der Waals surface area contributed by atoms with E-state index in [1.165, 1.54) is 36.0 Å². The number of piperidine rings is 1. The number of benzene rings is 2. The summed E-state index contributed by atoms with van der Waals surface area (Å²) in [6.07, 6.45) is 3.60. The van der Waals surface area contributed by atoms with Gasteiger partial charge in [0, 0.05) is 17.6 Å². The number of likely N-dealkylation sites (tertiary alicyclic amines) is 1. The number of aromatic nitrogens is 2. The number of para-hydroxylation sites is 2. The third-order valence-corrected chi connectivity index (χ3v) is 7.88. The summed E-state index contributed by atoms with van der Waals surface area (Å²) >= 11 is 3.28. The van der Waals surface area contributed by atoms with E-state index in [1.807, 2.05) is 0 Å². The zero-order valence-electron chi connectivity index (χ0n) is 17.5. The Morgan fingerprint density at radius 1 is 0.969 bits per heavy atom. The maximum absolute atomic E-state index is 13.3. The van der Waals surface area contributed by atoms with Crippen LogP contribution >= 0.6 is 15.9 Å². The van der Waals surface area contributed by atoms with Gasteiger partial charge in [0.05, 0.1) is 15.9 Å². The monoisotopic (exact) mass is 520 g/mol. The maximum atomic E-state index is 13.3. The van der Waals surface area contributed by atoms with Gasteiger partial charge in [-0.3, -0.25) is 9.36 Å². The van der Waals surface area contributed by atoms with Crippen LogP contribution in [-0.4, -0.2) is 53.9 Å². The lowest BCUT2D eigenvalue weighted by molar-refractivity contribution is -0.121. The molecule has 2 heterocycles. The van der Waals surface area contributed by atoms with Crippen LogP contribution in [0.15, 0.2) is 62.7 Å². The minimum absolute atomic E-state index is 0.00307. The molecule has 1 amide bonds. The maximum Gasteiger partial charge on any atom is 0.343 e. The van der Waals surface area contributed by atoms with Gasteiger partial charge in [0.25, 0.3) is 10.0 Å². The Morgan fingerprint density at radius 3 is 2.31 bits per heavy atom. The van der Waals surface area contributed by atoms with Gasteiger partial charge >= 0.3 is 5.69 Å². The van der Waals surface area contributed by atoms with Gasteiger partial charge in [-0.25, -0.2) is 13.2 Å². The van der Waals surface area contributed by atoms with Crippen LogP contribution < -0.4 is 11.0 Å². The number of amides is 1. The Bertz CT molecular complexity index is 1280. The first-order valence-electron chi connectivity index (χ1n) is 10.6. The van der Waals surface area contributed by atoms with E-state index in [4.69, 9.17) is 0 Å². The highest BCUT2D eigenvalue weighted by Crippen LogP contribution is 2.21. The predicted octanol–water partition coefficient (Wildman–Crippen LogP) is 2.40. The van der Waals surface area contributed by atoms with Gasteiger partial charge in [0.15, 0.2) is 0 Å². The van der Waals surface area contributed by atoms with Gasteiger partial charge in [-0.1, -0.05) is 34.5 Å². The Hall–Kier alpha value is -2.43. The van der Waals surface area contributed by atoms with Crippen molar-refractivity contribution in [2.45, 2.75) is 30.7 Å². The third-order valence-electron chi connectivity index (χ3n) is 5.65. The van der Waals surface area contributed by atoms with Crippen molar-refractivity contribution in [3.05, 3.63) is 63.5 Å². The van der Waals surface area contributed by atoms with E-state index in [9.17, 15) is 18.0 Å². The molecule has 0 atom stereocenters. The van der Waals surface area contributed by atoms with Crippen LogP contribution in [-0.2, 0) is 21.4 Å². The zero-order chi connectivity index (χ0) is 22.7. The van der Waals surface area contributed by atoms with E-state index < -0.39 is 15.7 Å². The van der Waals surface area contributed by atoms with Crippen LogP contribution in [0.4, 0.5) is 0 Å². The van der Waals surface area contributed by atoms with E-state index in [2.05, 4.69) is 26.1 Å². The molecular formula is C22H25BrN4O4S. The number of carbonyl (C=O) groups excluding carboxylic acids is 1. The average Bonchev–Trinajstić information content (AvgIpc) is 3.07. The van der Waals surface area contributed by atoms with Crippen LogP contribution in [0.2, 0.25) is 0 Å². The molecular weight excluding hydrogens is 496 g/mol. The fourth-order valence-corrected chi connectivity index (χ4v) is 5.69. The summed E-state index contributed by atoms with van der Waals surface area (Å²) in [7, 11) is -4.14. The van der Waals surface area contributed by atoms with E-state index in [0.717, 1.165) is 28.1 Å². The van der Waals surface area contributed by atoms with Crippen LogP contribution in [0.3, 0.4) is 0 Å². The average molecular weight is 521 g/mol. The quantitative estimate of drug-likeness (QED) is 0.516. The number of nitrogens with zero attached hydrogens (tertiary/aromatic N) is 3. The topological polar surface area (TPSA) is 93.4 Å². The van der Waals surface area contributed by atoms with E-state index in [-0.39, 0.29) is 22.9 Å². The molecule has 170 valence electrons. The molecule has 8 nitrogen and oxygen atoms in total. The molecule has 1 aliphatic heterocycles. The van der Waals surface area contributed by atoms with Crippen LogP contribution in [0.1, 0.15) is 19.3 Å². The molecule has 10 heteroatoms. The molecule has 1 aromatic heterocycles. The molecule has 1 saturated heterocycles. The Balaban J connectivity index is 1.59. The lowest BCUT2D eigenvalue weighted by Gasteiger charge is -2.26. The zero-order valence-corrected chi connectivity index (χ0v) is 19.9. The molecule has 0 unspecified atom stereocenters. The summed E-state index contributed by atoms with van der Waals surface area (Å²) in [5, 5.41) is 2.85. The normalized spacial score (nSPS) is 15.2. The van der Waals surface area contributed by atoms with Crippen LogP contribution in [0.25, 0.3) is 11.0 Å². The molecule has 0 bridgehead atoms. The fraction of sp³-hybridized carbons (Fsp3) is 0.364. The van der Waals surface area contributed by atoms with Crippen molar-refractivity contribution >= 4 is 42.9 Å². The van der Waals surface area contributed by atoms with Gasteiger partial charge in [0.1, 0.15) is 6.54 Å². The first-order chi connectivity index (χ1) is 15.4. The lowest BCUT2D eigenvalue weighted by Crippen LogP contribution is -2.40. The molecule has 4 rings (SSSR count). The van der Waals surface area contributed by atoms with Gasteiger partial charge in [0.2, 0.25) is 5.91 Å². The summed E-state index contributed by atoms with van der Waals surface area (Å²) < 4.78 is 29.2. The van der Waals surface area contributed by atoms with Crippen molar-refractivity contribution in [1.82, 2.24) is 18.8 Å². The van der Waals surface area contributed by atoms with Gasteiger partial charge in [-0.05, 0) is 62.3 Å². The fourth-order valence-electron chi connectivity index (χ4n) is 4.01. The Labute approximate surface area is 195 Å². The molecule has 2 aromatic carbocycles. The number of carbonyl (C=O) groups is 1. The standard InChI is InChI=1S/C22H25BrN4O4S/c23-17-8-10-18(11-9-17)32(30,31)27-20-7-3-2-6-19(20)26(22(27)29)16-21(28)24-12-15-25-13-4-1-5-14-25/h2-3,6-11H,1,4-5,12-16H2,(H,24,28). The Kier molecular flexibility index (Phi) is 6.82. The smallest absolute Gasteiger partial charge is 0.343 e. The van der Waals surface area contributed by atoms with E-state index in [1.54, 1.807) is 36.4 Å². The molecule has 1 fully saturated rings. The van der Waals surface area contributed by atoms with E-state index >= 15 is 0 Å². The molecule has 1 aliphatic rings. The number of hydrogen-bond acceptors (Lipinski definition) is 5. The number of halogens is 1. The molecule has 1 N–H and O–H groups in total. The van der Waals surface area contributed by atoms with Crippen LogP contribution in [0, 0.1) is 0 Å². The summed E-state index contributed by atoms with van der Waals surface area (Å²) in [5.41, 5.74) is -0.133. The largest absolute Gasteiger partial charge is 0.353 e.